The second-order valence-corrected chi connectivity index (χ2v) is 3.81. The van der Waals surface area contributed by atoms with E-state index in [1.165, 1.54) is 0 Å². The maximum atomic E-state index is 11.9. The summed E-state index contributed by atoms with van der Waals surface area (Å²) in [6, 6.07) is 3.59. The predicted molar refractivity (Wildman–Crippen MR) is 66.7 cm³/mol. The first-order chi connectivity index (χ1) is 8.11. The Bertz CT molecular complexity index is 402. The van der Waals surface area contributed by atoms with E-state index < -0.39 is 0 Å². The Kier molecular flexibility index (Phi) is 4.97. The summed E-state index contributed by atoms with van der Waals surface area (Å²) < 4.78 is 10.1. The number of methoxy groups -OCH3 is 2. The first-order valence-corrected chi connectivity index (χ1v) is 5.53. The fourth-order valence-electron chi connectivity index (χ4n) is 1.62. The fraction of sp³-hybridized carbons (Fsp3) is 0.462. The molecule has 1 amide bonds. The van der Waals surface area contributed by atoms with Crippen molar-refractivity contribution in [3.8, 4) is 5.75 Å². The molecule has 1 N–H and O–H groups in total. The molecule has 0 saturated heterocycles. The Balaban J connectivity index is 2.84. The summed E-state index contributed by atoms with van der Waals surface area (Å²) in [5.74, 6) is 0.723. The number of hydrogen-bond acceptors (Lipinski definition) is 3. The van der Waals surface area contributed by atoms with Crippen molar-refractivity contribution in [2.45, 2.75) is 13.8 Å². The standard InChI is InChI=1S/C13H19NO3/c1-9-10(2)12(17-4)6-5-11(9)13(15)14-7-8-16-3/h5-6H,7-8H2,1-4H3,(H,14,15). The summed E-state index contributed by atoms with van der Waals surface area (Å²) >= 11 is 0. The van der Waals surface area contributed by atoms with Gasteiger partial charge in [0.2, 0.25) is 0 Å². The Hall–Kier alpha value is -1.55. The molecule has 1 aromatic rings. The molecule has 4 nitrogen and oxygen atoms in total. The van der Waals surface area contributed by atoms with Crippen LogP contribution in [0.15, 0.2) is 12.1 Å². The lowest BCUT2D eigenvalue weighted by Gasteiger charge is -2.12. The number of rotatable bonds is 5. The zero-order valence-corrected chi connectivity index (χ0v) is 10.8. The first kappa shape index (κ1) is 13.5. The van der Waals surface area contributed by atoms with Crippen molar-refractivity contribution >= 4 is 5.91 Å². The third kappa shape index (κ3) is 3.20. The van der Waals surface area contributed by atoms with E-state index in [-0.39, 0.29) is 5.91 Å². The first-order valence-electron chi connectivity index (χ1n) is 5.53. The molecule has 1 aromatic carbocycles. The minimum atomic E-state index is -0.0784. The van der Waals surface area contributed by atoms with E-state index in [2.05, 4.69) is 5.32 Å². The summed E-state index contributed by atoms with van der Waals surface area (Å²) in [4.78, 5) is 11.9. The number of ether oxygens (including phenoxy) is 2. The van der Waals surface area contributed by atoms with Crippen LogP contribution in [-0.2, 0) is 4.74 Å². The molecule has 0 fully saturated rings. The van der Waals surface area contributed by atoms with Gasteiger partial charge in [-0.15, -0.1) is 0 Å². The van der Waals surface area contributed by atoms with Crippen LogP contribution in [0.1, 0.15) is 21.5 Å². The molecule has 0 atom stereocenters. The molecule has 0 bridgehead atoms. The molecule has 0 unspecified atom stereocenters. The average Bonchev–Trinajstić information content (AvgIpc) is 2.32. The highest BCUT2D eigenvalue weighted by Crippen LogP contribution is 2.23. The van der Waals surface area contributed by atoms with Crippen molar-refractivity contribution in [3.63, 3.8) is 0 Å². The molecule has 0 aliphatic heterocycles. The van der Waals surface area contributed by atoms with Crippen LogP contribution in [0.5, 0.6) is 5.75 Å². The molecule has 0 aliphatic carbocycles. The largest absolute Gasteiger partial charge is 0.496 e. The van der Waals surface area contributed by atoms with Gasteiger partial charge in [0.05, 0.1) is 13.7 Å². The van der Waals surface area contributed by atoms with Crippen molar-refractivity contribution in [2.75, 3.05) is 27.4 Å². The van der Waals surface area contributed by atoms with E-state index in [4.69, 9.17) is 9.47 Å². The third-order valence-electron chi connectivity index (χ3n) is 2.79. The lowest BCUT2D eigenvalue weighted by atomic mass is 10.0. The van der Waals surface area contributed by atoms with Crippen LogP contribution in [0.3, 0.4) is 0 Å². The lowest BCUT2D eigenvalue weighted by molar-refractivity contribution is 0.0936. The summed E-state index contributed by atoms with van der Waals surface area (Å²) in [5.41, 5.74) is 2.62. The molecule has 0 spiro atoms. The summed E-state index contributed by atoms with van der Waals surface area (Å²) in [7, 11) is 3.23. The molecule has 94 valence electrons. The van der Waals surface area contributed by atoms with Crippen LogP contribution in [-0.4, -0.2) is 33.3 Å². The van der Waals surface area contributed by atoms with Crippen molar-refractivity contribution in [1.29, 1.82) is 0 Å². The molecule has 0 saturated carbocycles. The van der Waals surface area contributed by atoms with E-state index in [0.717, 1.165) is 16.9 Å². The minimum absolute atomic E-state index is 0.0784. The Morgan fingerprint density at radius 1 is 1.24 bits per heavy atom. The number of hydrogen-bond donors (Lipinski definition) is 1. The number of benzene rings is 1. The topological polar surface area (TPSA) is 47.6 Å². The minimum Gasteiger partial charge on any atom is -0.496 e. The maximum Gasteiger partial charge on any atom is 0.251 e. The smallest absolute Gasteiger partial charge is 0.251 e. The average molecular weight is 237 g/mol. The van der Waals surface area contributed by atoms with Gasteiger partial charge in [0.1, 0.15) is 5.75 Å². The van der Waals surface area contributed by atoms with Gasteiger partial charge in [0.15, 0.2) is 0 Å². The highest BCUT2D eigenvalue weighted by atomic mass is 16.5. The van der Waals surface area contributed by atoms with Gasteiger partial charge in [-0.3, -0.25) is 4.79 Å². The van der Waals surface area contributed by atoms with Gasteiger partial charge >= 0.3 is 0 Å². The number of amides is 1. The van der Waals surface area contributed by atoms with E-state index in [1.807, 2.05) is 19.9 Å². The predicted octanol–water partition coefficient (Wildman–Crippen LogP) is 1.69. The normalized spacial score (nSPS) is 10.1. The van der Waals surface area contributed by atoms with Crippen LogP contribution in [0, 0.1) is 13.8 Å². The van der Waals surface area contributed by atoms with Gasteiger partial charge in [-0.2, -0.15) is 0 Å². The molecule has 0 heterocycles. The van der Waals surface area contributed by atoms with Gasteiger partial charge in [-0.25, -0.2) is 0 Å². The van der Waals surface area contributed by atoms with Gasteiger partial charge in [0, 0.05) is 19.2 Å². The molecule has 0 radical (unpaired) electrons. The fourth-order valence-corrected chi connectivity index (χ4v) is 1.62. The summed E-state index contributed by atoms with van der Waals surface area (Å²) in [6.45, 7) is 4.89. The Labute approximate surface area is 102 Å². The second-order valence-electron chi connectivity index (χ2n) is 3.81. The van der Waals surface area contributed by atoms with Gasteiger partial charge < -0.3 is 14.8 Å². The van der Waals surface area contributed by atoms with Crippen LogP contribution >= 0.6 is 0 Å². The number of carbonyl (C=O) groups is 1. The van der Waals surface area contributed by atoms with E-state index in [0.29, 0.717) is 18.7 Å². The van der Waals surface area contributed by atoms with Crippen LogP contribution < -0.4 is 10.1 Å². The van der Waals surface area contributed by atoms with E-state index >= 15 is 0 Å². The molecule has 17 heavy (non-hydrogen) atoms. The molecule has 0 aliphatic rings. The molecular weight excluding hydrogens is 218 g/mol. The van der Waals surface area contributed by atoms with Crippen LogP contribution in [0.25, 0.3) is 0 Å². The molecule has 0 aromatic heterocycles. The zero-order chi connectivity index (χ0) is 12.8. The SMILES string of the molecule is COCCNC(=O)c1ccc(OC)c(C)c1C. The second kappa shape index (κ2) is 6.25. The zero-order valence-electron chi connectivity index (χ0n) is 10.8. The van der Waals surface area contributed by atoms with Crippen LogP contribution in [0.2, 0.25) is 0 Å². The van der Waals surface area contributed by atoms with E-state index in [9.17, 15) is 4.79 Å². The third-order valence-corrected chi connectivity index (χ3v) is 2.79. The van der Waals surface area contributed by atoms with Gasteiger partial charge in [-0.05, 0) is 37.1 Å². The molecular formula is C13H19NO3. The van der Waals surface area contributed by atoms with Crippen molar-refractivity contribution < 1.29 is 14.3 Å². The quantitative estimate of drug-likeness (QED) is 0.793. The maximum absolute atomic E-state index is 11.9. The van der Waals surface area contributed by atoms with Gasteiger partial charge in [0.25, 0.3) is 5.91 Å². The van der Waals surface area contributed by atoms with Crippen molar-refractivity contribution in [3.05, 3.63) is 28.8 Å². The van der Waals surface area contributed by atoms with Crippen molar-refractivity contribution in [2.24, 2.45) is 0 Å². The monoisotopic (exact) mass is 237 g/mol. The number of carbonyl (C=O) groups excluding carboxylic acids is 1. The van der Waals surface area contributed by atoms with Crippen molar-refractivity contribution in [1.82, 2.24) is 5.32 Å². The molecule has 4 heteroatoms. The van der Waals surface area contributed by atoms with Gasteiger partial charge in [-0.1, -0.05) is 0 Å². The van der Waals surface area contributed by atoms with Crippen LogP contribution in [0.4, 0.5) is 0 Å². The highest BCUT2D eigenvalue weighted by molar-refractivity contribution is 5.96. The highest BCUT2D eigenvalue weighted by Gasteiger charge is 2.12. The molecule has 1 rings (SSSR count). The summed E-state index contributed by atoms with van der Waals surface area (Å²) in [5, 5.41) is 2.80. The number of nitrogens with one attached hydrogen (secondary N) is 1. The summed E-state index contributed by atoms with van der Waals surface area (Å²) in [6.07, 6.45) is 0. The lowest BCUT2D eigenvalue weighted by Crippen LogP contribution is -2.27. The Morgan fingerprint density at radius 3 is 2.53 bits per heavy atom. The Morgan fingerprint density at radius 2 is 1.94 bits per heavy atom. The van der Waals surface area contributed by atoms with E-state index in [1.54, 1.807) is 20.3 Å².